The molecule has 1 saturated heterocycles. The molecule has 0 atom stereocenters. The van der Waals surface area contributed by atoms with Crippen molar-refractivity contribution in [1.29, 1.82) is 0 Å². The number of fused-ring (bicyclic) bond motifs is 2. The third kappa shape index (κ3) is 2.74. The number of aromatic nitrogens is 3. The molecule has 1 aromatic carbocycles. The van der Waals surface area contributed by atoms with Crippen molar-refractivity contribution in [3.05, 3.63) is 46.8 Å². The van der Waals surface area contributed by atoms with Crippen molar-refractivity contribution in [1.82, 2.24) is 14.6 Å². The van der Waals surface area contributed by atoms with E-state index in [-0.39, 0.29) is 5.56 Å². The fourth-order valence-corrected chi connectivity index (χ4v) is 2.91. The van der Waals surface area contributed by atoms with Gasteiger partial charge in [0.2, 0.25) is 0 Å². The number of quaternary nitrogens is 1. The number of hydrazone groups is 1. The van der Waals surface area contributed by atoms with Gasteiger partial charge in [-0.25, -0.2) is 4.98 Å². The molecule has 0 unspecified atom stereocenters. The molecule has 1 aliphatic heterocycles. The third-order valence-electron chi connectivity index (χ3n) is 4.39. The zero-order valence-electron chi connectivity index (χ0n) is 13.5. The van der Waals surface area contributed by atoms with Gasteiger partial charge in [0, 0.05) is 18.6 Å². The summed E-state index contributed by atoms with van der Waals surface area (Å²) in [5.41, 5.74) is 5.16. The number of anilines is 1. The lowest BCUT2D eigenvalue weighted by molar-refractivity contribution is -0.880. The molecule has 3 heterocycles. The van der Waals surface area contributed by atoms with Crippen LogP contribution in [0.4, 0.5) is 5.82 Å². The molecule has 7 heteroatoms. The molecule has 0 amide bonds. The van der Waals surface area contributed by atoms with E-state index >= 15 is 0 Å². The summed E-state index contributed by atoms with van der Waals surface area (Å²) < 4.78 is 1.32. The van der Waals surface area contributed by atoms with Crippen molar-refractivity contribution in [3.8, 4) is 0 Å². The highest BCUT2D eigenvalue weighted by atomic mass is 16.1. The van der Waals surface area contributed by atoms with Gasteiger partial charge in [-0.3, -0.25) is 10.2 Å². The van der Waals surface area contributed by atoms with E-state index in [0.29, 0.717) is 22.4 Å². The predicted molar refractivity (Wildman–Crippen MR) is 93.7 cm³/mol. The average molecular weight is 323 g/mol. The molecule has 1 aliphatic rings. The molecule has 3 aromatic rings. The van der Waals surface area contributed by atoms with Gasteiger partial charge >= 0.3 is 0 Å². The van der Waals surface area contributed by atoms with Crippen LogP contribution in [0, 0.1) is 0 Å². The Kier molecular flexibility index (Phi) is 3.70. The van der Waals surface area contributed by atoms with Crippen LogP contribution in [0.3, 0.4) is 0 Å². The number of hydrogen-bond acceptors (Lipinski definition) is 5. The fraction of sp³-hybridized carbons (Fsp3) is 0.294. The summed E-state index contributed by atoms with van der Waals surface area (Å²) in [6.07, 6.45) is 1.97. The van der Waals surface area contributed by atoms with Crippen molar-refractivity contribution < 1.29 is 4.90 Å². The Balaban J connectivity index is 1.68. The fourth-order valence-electron chi connectivity index (χ4n) is 2.91. The lowest BCUT2D eigenvalue weighted by Gasteiger charge is -2.20. The van der Waals surface area contributed by atoms with Crippen molar-refractivity contribution in [2.24, 2.45) is 5.10 Å². The molecule has 0 saturated carbocycles. The Labute approximate surface area is 138 Å². The normalized spacial score (nSPS) is 18.0. The molecule has 4 rings (SSSR count). The summed E-state index contributed by atoms with van der Waals surface area (Å²) in [5.74, 6) is 0.542. The van der Waals surface area contributed by atoms with Gasteiger partial charge < -0.3 is 4.90 Å². The number of nitrogens with one attached hydrogen (secondary N) is 2. The van der Waals surface area contributed by atoms with Gasteiger partial charge in [0.1, 0.15) is 0 Å². The molecular formula is C17H19N6O+. The van der Waals surface area contributed by atoms with Crippen LogP contribution in [-0.2, 0) is 0 Å². The van der Waals surface area contributed by atoms with Crippen LogP contribution in [0.5, 0.6) is 0 Å². The molecular weight excluding hydrogens is 304 g/mol. The Morgan fingerprint density at radius 3 is 2.79 bits per heavy atom. The zero-order valence-corrected chi connectivity index (χ0v) is 13.5. The highest BCUT2D eigenvalue weighted by Crippen LogP contribution is 2.10. The van der Waals surface area contributed by atoms with E-state index < -0.39 is 0 Å². The number of nitrogens with zero attached hydrogens (tertiary/aromatic N) is 4. The molecule has 2 aromatic heterocycles. The van der Waals surface area contributed by atoms with Crippen LogP contribution >= 0.6 is 0 Å². The standard InChI is InChI=1S/C17H18N6O/c1-22-10-8-12(9-11-22)19-20-15-6-7-16-18-14-5-3-2-4-13(14)17(24)23(16)21-15/h2-7H,8-11H2,1H3,(H,20,21)/p+1. The molecule has 0 radical (unpaired) electrons. The molecule has 0 aliphatic carbocycles. The zero-order chi connectivity index (χ0) is 16.5. The molecule has 0 spiro atoms. The molecule has 2 N–H and O–H groups in total. The van der Waals surface area contributed by atoms with Crippen LogP contribution in [-0.4, -0.2) is 40.4 Å². The summed E-state index contributed by atoms with van der Waals surface area (Å²) in [6, 6.07) is 10.9. The van der Waals surface area contributed by atoms with Crippen LogP contribution in [0.1, 0.15) is 12.8 Å². The maximum Gasteiger partial charge on any atom is 0.282 e. The smallest absolute Gasteiger partial charge is 0.282 e. The molecule has 0 bridgehead atoms. The van der Waals surface area contributed by atoms with Gasteiger partial charge in [-0.1, -0.05) is 12.1 Å². The van der Waals surface area contributed by atoms with E-state index in [4.69, 9.17) is 0 Å². The number of rotatable bonds is 2. The average Bonchev–Trinajstić information content (AvgIpc) is 2.62. The van der Waals surface area contributed by atoms with Gasteiger partial charge in [-0.05, 0) is 24.3 Å². The first-order valence-corrected chi connectivity index (χ1v) is 8.12. The molecule has 7 nitrogen and oxygen atoms in total. The number of likely N-dealkylation sites (tertiary alicyclic amines) is 1. The first-order chi connectivity index (χ1) is 11.7. The van der Waals surface area contributed by atoms with E-state index in [1.165, 1.54) is 9.42 Å². The van der Waals surface area contributed by atoms with Crippen LogP contribution in [0.25, 0.3) is 16.6 Å². The lowest BCUT2D eigenvalue weighted by Crippen LogP contribution is -3.10. The second kappa shape index (κ2) is 6.01. The van der Waals surface area contributed by atoms with Crippen molar-refractivity contribution in [3.63, 3.8) is 0 Å². The lowest BCUT2D eigenvalue weighted by atomic mass is 10.1. The maximum absolute atomic E-state index is 12.6. The van der Waals surface area contributed by atoms with Gasteiger partial charge in [-0.2, -0.15) is 9.62 Å². The van der Waals surface area contributed by atoms with Crippen LogP contribution in [0.15, 0.2) is 46.3 Å². The largest absolute Gasteiger partial charge is 0.337 e. The highest BCUT2D eigenvalue weighted by Gasteiger charge is 2.14. The summed E-state index contributed by atoms with van der Waals surface area (Å²) in [4.78, 5) is 18.6. The van der Waals surface area contributed by atoms with Crippen molar-refractivity contribution in [2.45, 2.75) is 12.8 Å². The van der Waals surface area contributed by atoms with E-state index in [2.05, 4.69) is 27.7 Å². The summed E-state index contributed by atoms with van der Waals surface area (Å²) in [5, 5.41) is 9.34. The van der Waals surface area contributed by atoms with Gasteiger partial charge in [0.25, 0.3) is 5.56 Å². The van der Waals surface area contributed by atoms with E-state index in [1.54, 1.807) is 18.2 Å². The Bertz CT molecular complexity index is 983. The second-order valence-electron chi connectivity index (χ2n) is 6.17. The van der Waals surface area contributed by atoms with E-state index in [0.717, 1.165) is 31.6 Å². The Morgan fingerprint density at radius 1 is 1.17 bits per heavy atom. The summed E-state index contributed by atoms with van der Waals surface area (Å²) in [7, 11) is 2.19. The molecule has 122 valence electrons. The summed E-state index contributed by atoms with van der Waals surface area (Å²) in [6.45, 7) is 2.20. The van der Waals surface area contributed by atoms with Crippen molar-refractivity contribution in [2.75, 3.05) is 25.6 Å². The number of benzene rings is 1. The van der Waals surface area contributed by atoms with Crippen molar-refractivity contribution >= 4 is 28.1 Å². The minimum atomic E-state index is -0.171. The summed E-state index contributed by atoms with van der Waals surface area (Å²) >= 11 is 0. The number of piperidine rings is 1. The highest BCUT2D eigenvalue weighted by molar-refractivity contribution is 5.85. The predicted octanol–water partition coefficient (Wildman–Crippen LogP) is 0.319. The van der Waals surface area contributed by atoms with Crippen LogP contribution < -0.4 is 15.9 Å². The van der Waals surface area contributed by atoms with E-state index in [9.17, 15) is 4.79 Å². The number of para-hydroxylation sites is 1. The van der Waals surface area contributed by atoms with Gasteiger partial charge in [-0.15, -0.1) is 5.10 Å². The monoisotopic (exact) mass is 323 g/mol. The van der Waals surface area contributed by atoms with E-state index in [1.807, 2.05) is 18.2 Å². The number of hydrogen-bond donors (Lipinski definition) is 2. The SMILES string of the molecule is C[NH+]1CCC(=NNc2ccc3nc4ccccc4c(=O)n3n2)CC1. The Morgan fingerprint density at radius 2 is 1.96 bits per heavy atom. The quantitative estimate of drug-likeness (QED) is 0.526. The van der Waals surface area contributed by atoms with Gasteiger partial charge in [0.05, 0.1) is 31.0 Å². The van der Waals surface area contributed by atoms with Crippen LogP contribution in [0.2, 0.25) is 0 Å². The first-order valence-electron chi connectivity index (χ1n) is 8.12. The maximum atomic E-state index is 12.6. The third-order valence-corrected chi connectivity index (χ3v) is 4.39. The molecule has 24 heavy (non-hydrogen) atoms. The van der Waals surface area contributed by atoms with Gasteiger partial charge in [0.15, 0.2) is 11.5 Å². The topological polar surface area (TPSA) is 76.1 Å². The minimum Gasteiger partial charge on any atom is -0.337 e. The second-order valence-corrected chi connectivity index (χ2v) is 6.17. The first kappa shape index (κ1) is 14.8. The Hall–Kier alpha value is -2.80. The minimum absolute atomic E-state index is 0.171. The molecule has 1 fully saturated rings.